The van der Waals surface area contributed by atoms with Gasteiger partial charge in [-0.15, -0.1) is 0 Å². The average molecular weight is 300 g/mol. The Bertz CT molecular complexity index is 521. The minimum absolute atomic E-state index is 0.0481. The number of nitrogens with zero attached hydrogens (tertiary/aromatic N) is 1. The van der Waals surface area contributed by atoms with Gasteiger partial charge in [0, 0.05) is 12.1 Å². The standard InChI is InChI=1S/C14H18F2N2O3/c1-9(2)18(8-14(20)21-3)7-13(19)17-12-5-4-10(15)6-11(12)16/h4-6,9H,7-8H2,1-3H3,(H,17,19). The van der Waals surface area contributed by atoms with E-state index in [9.17, 15) is 18.4 Å². The highest BCUT2D eigenvalue weighted by molar-refractivity contribution is 5.92. The number of esters is 1. The number of amides is 1. The number of hydrogen-bond donors (Lipinski definition) is 1. The monoisotopic (exact) mass is 300 g/mol. The summed E-state index contributed by atoms with van der Waals surface area (Å²) in [6.07, 6.45) is 0. The van der Waals surface area contributed by atoms with Crippen LogP contribution in [0.4, 0.5) is 14.5 Å². The Morgan fingerprint density at radius 1 is 1.29 bits per heavy atom. The van der Waals surface area contributed by atoms with Gasteiger partial charge in [-0.1, -0.05) is 0 Å². The van der Waals surface area contributed by atoms with E-state index < -0.39 is 23.5 Å². The number of nitrogens with one attached hydrogen (secondary N) is 1. The quantitative estimate of drug-likeness (QED) is 0.814. The first-order valence-electron chi connectivity index (χ1n) is 6.39. The molecule has 116 valence electrons. The lowest BCUT2D eigenvalue weighted by atomic mass is 10.2. The van der Waals surface area contributed by atoms with Crippen LogP contribution in [-0.2, 0) is 14.3 Å². The molecule has 0 bridgehead atoms. The molecule has 0 atom stereocenters. The van der Waals surface area contributed by atoms with Gasteiger partial charge in [0.2, 0.25) is 5.91 Å². The second-order valence-corrected chi connectivity index (χ2v) is 4.75. The molecule has 0 fully saturated rings. The van der Waals surface area contributed by atoms with E-state index >= 15 is 0 Å². The molecule has 0 aliphatic carbocycles. The predicted octanol–water partition coefficient (Wildman–Crippen LogP) is 1.79. The van der Waals surface area contributed by atoms with Crippen molar-refractivity contribution < 1.29 is 23.1 Å². The van der Waals surface area contributed by atoms with Gasteiger partial charge in [0.25, 0.3) is 0 Å². The van der Waals surface area contributed by atoms with E-state index in [0.717, 1.165) is 12.1 Å². The van der Waals surface area contributed by atoms with Crippen molar-refractivity contribution in [3.63, 3.8) is 0 Å². The van der Waals surface area contributed by atoms with Crippen LogP contribution in [0.2, 0.25) is 0 Å². The molecule has 1 N–H and O–H groups in total. The first-order valence-corrected chi connectivity index (χ1v) is 6.39. The minimum Gasteiger partial charge on any atom is -0.468 e. The first kappa shape index (κ1) is 17.0. The zero-order valence-electron chi connectivity index (χ0n) is 12.2. The van der Waals surface area contributed by atoms with Gasteiger partial charge in [-0.05, 0) is 26.0 Å². The highest BCUT2D eigenvalue weighted by atomic mass is 19.1. The SMILES string of the molecule is COC(=O)CN(CC(=O)Nc1ccc(F)cc1F)C(C)C. The summed E-state index contributed by atoms with van der Waals surface area (Å²) in [7, 11) is 1.26. The van der Waals surface area contributed by atoms with Gasteiger partial charge in [0.15, 0.2) is 0 Å². The molecular formula is C14H18F2N2O3. The van der Waals surface area contributed by atoms with Crippen molar-refractivity contribution in [3.05, 3.63) is 29.8 Å². The molecule has 0 unspecified atom stereocenters. The number of rotatable bonds is 6. The Morgan fingerprint density at radius 2 is 1.95 bits per heavy atom. The van der Waals surface area contributed by atoms with Crippen LogP contribution in [0.1, 0.15) is 13.8 Å². The van der Waals surface area contributed by atoms with Crippen LogP contribution in [0.25, 0.3) is 0 Å². The molecule has 0 saturated carbocycles. The van der Waals surface area contributed by atoms with Crippen molar-refractivity contribution >= 4 is 17.6 Å². The molecule has 1 rings (SSSR count). The predicted molar refractivity (Wildman–Crippen MR) is 73.7 cm³/mol. The van der Waals surface area contributed by atoms with Gasteiger partial charge >= 0.3 is 5.97 Å². The number of hydrogen-bond acceptors (Lipinski definition) is 4. The summed E-state index contributed by atoms with van der Waals surface area (Å²) in [5.41, 5.74) is -0.108. The number of carbonyl (C=O) groups excluding carboxylic acids is 2. The highest BCUT2D eigenvalue weighted by Crippen LogP contribution is 2.15. The number of anilines is 1. The van der Waals surface area contributed by atoms with Crippen molar-refractivity contribution in [2.75, 3.05) is 25.5 Å². The highest BCUT2D eigenvalue weighted by Gasteiger charge is 2.18. The van der Waals surface area contributed by atoms with E-state index in [1.165, 1.54) is 7.11 Å². The van der Waals surface area contributed by atoms with Crippen molar-refractivity contribution in [1.82, 2.24) is 4.90 Å². The average Bonchev–Trinajstić information content (AvgIpc) is 2.40. The molecule has 5 nitrogen and oxygen atoms in total. The molecule has 0 aliphatic heterocycles. The summed E-state index contributed by atoms with van der Waals surface area (Å²) in [6.45, 7) is 3.47. The van der Waals surface area contributed by atoms with Crippen LogP contribution in [0, 0.1) is 11.6 Å². The van der Waals surface area contributed by atoms with E-state index in [2.05, 4.69) is 10.1 Å². The molecule has 0 aliphatic rings. The van der Waals surface area contributed by atoms with E-state index in [4.69, 9.17) is 0 Å². The normalized spacial score (nSPS) is 10.8. The Hall–Kier alpha value is -2.02. The van der Waals surface area contributed by atoms with Crippen molar-refractivity contribution in [3.8, 4) is 0 Å². The fourth-order valence-electron chi connectivity index (χ4n) is 1.62. The third-order valence-corrected chi connectivity index (χ3v) is 2.84. The Morgan fingerprint density at radius 3 is 2.48 bits per heavy atom. The molecule has 7 heteroatoms. The number of ether oxygens (including phenoxy) is 1. The lowest BCUT2D eigenvalue weighted by Crippen LogP contribution is -2.41. The lowest BCUT2D eigenvalue weighted by Gasteiger charge is -2.24. The molecule has 0 saturated heterocycles. The van der Waals surface area contributed by atoms with Crippen LogP contribution < -0.4 is 5.32 Å². The third kappa shape index (κ3) is 5.47. The summed E-state index contributed by atoms with van der Waals surface area (Å²) in [6, 6.07) is 2.80. The fourth-order valence-corrected chi connectivity index (χ4v) is 1.62. The molecule has 21 heavy (non-hydrogen) atoms. The van der Waals surface area contributed by atoms with E-state index in [0.29, 0.717) is 6.07 Å². The van der Waals surface area contributed by atoms with Crippen LogP contribution in [0.5, 0.6) is 0 Å². The number of benzene rings is 1. The van der Waals surface area contributed by atoms with Gasteiger partial charge < -0.3 is 10.1 Å². The van der Waals surface area contributed by atoms with Gasteiger partial charge in [-0.25, -0.2) is 8.78 Å². The maximum absolute atomic E-state index is 13.4. The summed E-state index contributed by atoms with van der Waals surface area (Å²) in [4.78, 5) is 24.7. The molecular weight excluding hydrogens is 282 g/mol. The van der Waals surface area contributed by atoms with Crippen molar-refractivity contribution in [1.29, 1.82) is 0 Å². The molecule has 0 aromatic heterocycles. The molecule has 1 amide bonds. The maximum atomic E-state index is 13.4. The van der Waals surface area contributed by atoms with E-state index in [-0.39, 0.29) is 24.8 Å². The Kier molecular flexibility index (Phi) is 6.23. The van der Waals surface area contributed by atoms with Gasteiger partial charge in [-0.2, -0.15) is 0 Å². The van der Waals surface area contributed by atoms with E-state index in [1.807, 2.05) is 13.8 Å². The van der Waals surface area contributed by atoms with Gasteiger partial charge in [0.1, 0.15) is 11.6 Å². The molecule has 0 heterocycles. The van der Waals surface area contributed by atoms with Crippen LogP contribution in [0.3, 0.4) is 0 Å². The second-order valence-electron chi connectivity index (χ2n) is 4.75. The topological polar surface area (TPSA) is 58.6 Å². The first-order chi connectivity index (χ1) is 9.83. The van der Waals surface area contributed by atoms with Gasteiger partial charge in [0.05, 0.1) is 25.9 Å². The largest absolute Gasteiger partial charge is 0.468 e. The zero-order valence-corrected chi connectivity index (χ0v) is 12.2. The minimum atomic E-state index is -0.854. The van der Waals surface area contributed by atoms with Crippen LogP contribution in [0.15, 0.2) is 18.2 Å². The lowest BCUT2D eigenvalue weighted by molar-refractivity contribution is -0.142. The maximum Gasteiger partial charge on any atom is 0.319 e. The van der Waals surface area contributed by atoms with Crippen LogP contribution >= 0.6 is 0 Å². The number of methoxy groups -OCH3 is 1. The molecule has 0 spiro atoms. The zero-order chi connectivity index (χ0) is 16.0. The summed E-state index contributed by atoms with van der Waals surface area (Å²) < 4.78 is 30.7. The Labute approximate surface area is 121 Å². The fraction of sp³-hybridized carbons (Fsp3) is 0.429. The number of carbonyl (C=O) groups is 2. The summed E-state index contributed by atoms with van der Waals surface area (Å²) in [5, 5.41) is 2.34. The molecule has 1 aromatic rings. The third-order valence-electron chi connectivity index (χ3n) is 2.84. The Balaban J connectivity index is 2.67. The summed E-state index contributed by atoms with van der Waals surface area (Å²) in [5.74, 6) is -2.55. The summed E-state index contributed by atoms with van der Waals surface area (Å²) >= 11 is 0. The molecule has 1 aromatic carbocycles. The molecule has 0 radical (unpaired) electrons. The van der Waals surface area contributed by atoms with Crippen LogP contribution in [-0.4, -0.2) is 43.0 Å². The van der Waals surface area contributed by atoms with Gasteiger partial charge in [-0.3, -0.25) is 14.5 Å². The second kappa shape index (κ2) is 7.68. The van der Waals surface area contributed by atoms with Crippen molar-refractivity contribution in [2.24, 2.45) is 0 Å². The van der Waals surface area contributed by atoms with E-state index in [1.54, 1.807) is 4.90 Å². The smallest absolute Gasteiger partial charge is 0.319 e. The van der Waals surface area contributed by atoms with Crippen molar-refractivity contribution in [2.45, 2.75) is 19.9 Å². The number of halogens is 2.